The second-order valence-corrected chi connectivity index (χ2v) is 12.1. The molecule has 1 aromatic heterocycles. The normalized spacial score (nSPS) is 17.0. The first-order valence-electron chi connectivity index (χ1n) is 14.6. The van der Waals surface area contributed by atoms with Gasteiger partial charge in [-0.15, -0.1) is 0 Å². The van der Waals surface area contributed by atoms with Gasteiger partial charge in [0.05, 0.1) is 24.1 Å². The van der Waals surface area contributed by atoms with Gasteiger partial charge in [0.2, 0.25) is 0 Å². The number of aliphatic imine (C=N–C) groups is 1. The first kappa shape index (κ1) is 24.1. The van der Waals surface area contributed by atoms with Gasteiger partial charge in [-0.2, -0.15) is 0 Å². The number of allylic oxidation sites excluding steroid dienone is 1. The SMILES string of the molecule is CC1(C)c2ccccc2C2=Cc3c(c4ccc(-c5ccccc5)cc4n3C=NCc3ccc4ccccc4c3)CC21. The zero-order valence-electron chi connectivity index (χ0n) is 23.5. The Kier molecular flexibility index (Phi) is 5.40. The molecule has 8 rings (SSSR count). The predicted octanol–water partition coefficient (Wildman–Crippen LogP) is 9.54. The highest BCUT2D eigenvalue weighted by molar-refractivity contribution is 6.01. The zero-order valence-corrected chi connectivity index (χ0v) is 23.5. The van der Waals surface area contributed by atoms with Gasteiger partial charge in [-0.3, -0.25) is 4.99 Å². The van der Waals surface area contributed by atoms with E-state index in [-0.39, 0.29) is 5.41 Å². The Morgan fingerprint density at radius 1 is 0.780 bits per heavy atom. The predicted molar refractivity (Wildman–Crippen MR) is 173 cm³/mol. The van der Waals surface area contributed by atoms with E-state index in [4.69, 9.17) is 4.99 Å². The maximum absolute atomic E-state index is 5.02. The summed E-state index contributed by atoms with van der Waals surface area (Å²) in [7, 11) is 0. The van der Waals surface area contributed by atoms with Crippen LogP contribution >= 0.6 is 0 Å². The van der Waals surface area contributed by atoms with Crippen molar-refractivity contribution in [3.05, 3.63) is 143 Å². The highest BCUT2D eigenvalue weighted by Crippen LogP contribution is 2.54. The van der Waals surface area contributed by atoms with Crippen molar-refractivity contribution in [3.63, 3.8) is 0 Å². The van der Waals surface area contributed by atoms with Gasteiger partial charge in [0.25, 0.3) is 0 Å². The summed E-state index contributed by atoms with van der Waals surface area (Å²) in [6, 6.07) is 41.8. The van der Waals surface area contributed by atoms with Crippen molar-refractivity contribution in [2.45, 2.75) is 32.2 Å². The van der Waals surface area contributed by atoms with E-state index in [9.17, 15) is 0 Å². The molecule has 0 bridgehead atoms. The van der Waals surface area contributed by atoms with E-state index in [0.717, 1.165) is 6.42 Å². The fraction of sp³-hybridized carbons (Fsp3) is 0.154. The van der Waals surface area contributed by atoms with Crippen molar-refractivity contribution in [1.29, 1.82) is 0 Å². The molecule has 0 saturated carbocycles. The molecule has 1 atom stereocenters. The molecule has 1 unspecified atom stereocenters. The summed E-state index contributed by atoms with van der Waals surface area (Å²) >= 11 is 0. The molecule has 0 amide bonds. The lowest BCUT2D eigenvalue weighted by Gasteiger charge is -2.31. The van der Waals surface area contributed by atoms with Crippen LogP contribution in [0.1, 0.15) is 41.8 Å². The molecule has 0 radical (unpaired) electrons. The molecule has 41 heavy (non-hydrogen) atoms. The Bertz CT molecular complexity index is 2020. The van der Waals surface area contributed by atoms with Gasteiger partial charge >= 0.3 is 0 Å². The number of hydrogen-bond donors (Lipinski definition) is 0. The third-order valence-corrected chi connectivity index (χ3v) is 9.42. The van der Waals surface area contributed by atoms with Crippen LogP contribution in [0.4, 0.5) is 0 Å². The van der Waals surface area contributed by atoms with Crippen molar-refractivity contribution in [3.8, 4) is 11.1 Å². The summed E-state index contributed by atoms with van der Waals surface area (Å²) in [4.78, 5) is 5.02. The number of aromatic nitrogens is 1. The molecule has 2 aliphatic rings. The Labute approximate surface area is 241 Å². The van der Waals surface area contributed by atoms with Crippen LogP contribution in [0.25, 0.3) is 44.5 Å². The van der Waals surface area contributed by atoms with Crippen LogP contribution in [0.5, 0.6) is 0 Å². The Morgan fingerprint density at radius 2 is 1.56 bits per heavy atom. The molecule has 0 fully saturated rings. The number of rotatable bonds is 4. The van der Waals surface area contributed by atoms with Crippen molar-refractivity contribution in [2.75, 3.05) is 0 Å². The monoisotopic (exact) mass is 528 g/mol. The summed E-state index contributed by atoms with van der Waals surface area (Å²) in [5, 5.41) is 3.86. The number of fused-ring (bicyclic) bond motifs is 7. The van der Waals surface area contributed by atoms with Gasteiger partial charge in [0.1, 0.15) is 0 Å². The number of nitrogens with zero attached hydrogens (tertiary/aromatic N) is 2. The van der Waals surface area contributed by atoms with Crippen LogP contribution in [0.2, 0.25) is 0 Å². The van der Waals surface area contributed by atoms with Gasteiger partial charge in [0, 0.05) is 5.39 Å². The summed E-state index contributed by atoms with van der Waals surface area (Å²) in [5.74, 6) is 0.467. The number of benzene rings is 5. The smallest absolute Gasteiger partial charge is 0.0944 e. The molecule has 0 aliphatic heterocycles. The maximum atomic E-state index is 5.02. The minimum absolute atomic E-state index is 0.0999. The quantitative estimate of drug-likeness (QED) is 0.160. The zero-order chi connectivity index (χ0) is 27.6. The maximum Gasteiger partial charge on any atom is 0.0944 e. The first-order chi connectivity index (χ1) is 20.1. The minimum Gasteiger partial charge on any atom is -0.300 e. The van der Waals surface area contributed by atoms with E-state index in [2.05, 4.69) is 146 Å². The molecular formula is C39H32N2. The summed E-state index contributed by atoms with van der Waals surface area (Å²) in [6.45, 7) is 5.48. The van der Waals surface area contributed by atoms with E-state index in [0.29, 0.717) is 12.5 Å². The van der Waals surface area contributed by atoms with Crippen LogP contribution in [0, 0.1) is 5.92 Å². The fourth-order valence-electron chi connectivity index (χ4n) is 7.23. The first-order valence-corrected chi connectivity index (χ1v) is 14.6. The van der Waals surface area contributed by atoms with Crippen molar-refractivity contribution < 1.29 is 0 Å². The van der Waals surface area contributed by atoms with E-state index in [1.807, 2.05) is 0 Å². The Morgan fingerprint density at radius 3 is 2.44 bits per heavy atom. The molecule has 198 valence electrons. The second-order valence-electron chi connectivity index (χ2n) is 12.1. The van der Waals surface area contributed by atoms with E-state index in [1.165, 1.54) is 66.3 Å². The average molecular weight is 529 g/mol. The summed E-state index contributed by atoms with van der Waals surface area (Å²) < 4.78 is 2.34. The molecule has 2 heteroatoms. The van der Waals surface area contributed by atoms with Crippen LogP contribution in [0.3, 0.4) is 0 Å². The third kappa shape index (κ3) is 3.82. The highest BCUT2D eigenvalue weighted by atomic mass is 15.0. The third-order valence-electron chi connectivity index (χ3n) is 9.42. The van der Waals surface area contributed by atoms with Gasteiger partial charge in [-0.1, -0.05) is 117 Å². The Hall–Kier alpha value is -4.69. The molecule has 0 N–H and O–H groups in total. The van der Waals surface area contributed by atoms with Crippen LogP contribution in [0.15, 0.2) is 120 Å². The van der Waals surface area contributed by atoms with Gasteiger partial charge in [-0.05, 0) is 85.7 Å². The molecule has 6 aromatic rings. The van der Waals surface area contributed by atoms with E-state index < -0.39 is 0 Å². The standard InChI is InChI=1S/C39H32N2/c1-39(2)35-15-9-8-14-31(35)33-23-38-34(22-36(33)39)32-19-18-30(27-10-4-3-5-11-27)21-37(32)41(38)25-40-24-26-16-17-28-12-6-7-13-29(28)20-26/h3-21,23,25,36H,22,24H2,1-2H3. The summed E-state index contributed by atoms with van der Waals surface area (Å²) in [5.41, 5.74) is 12.1. The topological polar surface area (TPSA) is 17.3 Å². The van der Waals surface area contributed by atoms with Crippen molar-refractivity contribution in [2.24, 2.45) is 10.9 Å². The van der Waals surface area contributed by atoms with Gasteiger partial charge < -0.3 is 4.57 Å². The van der Waals surface area contributed by atoms with E-state index in [1.54, 1.807) is 0 Å². The Balaban J connectivity index is 1.27. The molecule has 0 spiro atoms. The highest BCUT2D eigenvalue weighted by Gasteiger charge is 2.45. The lowest BCUT2D eigenvalue weighted by molar-refractivity contribution is 0.410. The molecule has 5 aromatic carbocycles. The van der Waals surface area contributed by atoms with Crippen molar-refractivity contribution >= 4 is 39.7 Å². The van der Waals surface area contributed by atoms with Crippen LogP contribution in [-0.4, -0.2) is 10.9 Å². The summed E-state index contributed by atoms with van der Waals surface area (Å²) in [6.07, 6.45) is 5.56. The van der Waals surface area contributed by atoms with Crippen molar-refractivity contribution in [1.82, 2.24) is 4.57 Å². The number of hydrogen-bond acceptors (Lipinski definition) is 1. The second kappa shape index (κ2) is 9.17. The van der Waals surface area contributed by atoms with Crippen LogP contribution in [-0.2, 0) is 18.4 Å². The minimum atomic E-state index is 0.0999. The molecule has 1 heterocycles. The average Bonchev–Trinajstić information content (AvgIpc) is 3.44. The van der Waals surface area contributed by atoms with Gasteiger partial charge in [0.15, 0.2) is 0 Å². The molecule has 2 aliphatic carbocycles. The van der Waals surface area contributed by atoms with Crippen LogP contribution < -0.4 is 0 Å². The lowest BCUT2D eigenvalue weighted by atomic mass is 9.72. The molecule has 2 nitrogen and oxygen atoms in total. The molecule has 0 saturated heterocycles. The van der Waals surface area contributed by atoms with Gasteiger partial charge in [-0.25, -0.2) is 0 Å². The van der Waals surface area contributed by atoms with E-state index >= 15 is 0 Å². The lowest BCUT2D eigenvalue weighted by Crippen LogP contribution is -2.27. The largest absolute Gasteiger partial charge is 0.300 e. The fourth-order valence-corrected chi connectivity index (χ4v) is 7.23. The molecular weight excluding hydrogens is 496 g/mol.